The smallest absolute Gasteiger partial charge is 0.137 e. The van der Waals surface area contributed by atoms with Crippen LogP contribution in [0.25, 0.3) is 6.08 Å². The molecule has 2 heteroatoms. The number of hydrogen-bond donors (Lipinski definition) is 0. The number of rotatable bonds is 5. The molecule has 1 heterocycles. The number of nitrogens with zero attached hydrogens (tertiary/aromatic N) is 1. The predicted octanol–water partition coefficient (Wildman–Crippen LogP) is 5.50. The predicted molar refractivity (Wildman–Crippen MR) is 112 cm³/mol. The van der Waals surface area contributed by atoms with E-state index >= 15 is 0 Å². The molecule has 0 aliphatic heterocycles. The normalized spacial score (nSPS) is 18.1. The van der Waals surface area contributed by atoms with Gasteiger partial charge < -0.3 is 4.74 Å². The number of allylic oxidation sites excluding steroid dienone is 6. The molecule has 0 N–H and O–H groups in total. The van der Waals surface area contributed by atoms with E-state index in [2.05, 4.69) is 61.0 Å². The molecule has 2 aromatic rings. The molecule has 0 saturated heterocycles. The summed E-state index contributed by atoms with van der Waals surface area (Å²) in [4.78, 5) is 4.46. The lowest BCUT2D eigenvalue weighted by atomic mass is 9.90. The molecule has 0 bridgehead atoms. The highest BCUT2D eigenvalue weighted by molar-refractivity contribution is 5.71. The number of hydrogen-bond acceptors (Lipinski definition) is 2. The van der Waals surface area contributed by atoms with Crippen molar-refractivity contribution in [3.63, 3.8) is 0 Å². The number of pyridine rings is 1. The average Bonchev–Trinajstić information content (AvgIpc) is 3.12. The first kappa shape index (κ1) is 17.5. The fourth-order valence-electron chi connectivity index (χ4n) is 3.67. The van der Waals surface area contributed by atoms with Crippen molar-refractivity contribution in [1.29, 1.82) is 0 Å². The summed E-state index contributed by atoms with van der Waals surface area (Å²) in [5.74, 6) is 1.22. The van der Waals surface area contributed by atoms with Crippen molar-refractivity contribution < 1.29 is 4.74 Å². The summed E-state index contributed by atoms with van der Waals surface area (Å²) in [6.45, 7) is 6.31. The molecule has 1 unspecified atom stereocenters. The van der Waals surface area contributed by atoms with Crippen molar-refractivity contribution in [3.05, 3.63) is 100 Å². The zero-order valence-corrected chi connectivity index (χ0v) is 16.0. The lowest BCUT2D eigenvalue weighted by Crippen LogP contribution is -2.00. The van der Waals surface area contributed by atoms with Crippen LogP contribution in [-0.4, -0.2) is 12.1 Å². The molecule has 1 aromatic heterocycles. The zero-order valence-electron chi connectivity index (χ0n) is 16.0. The van der Waals surface area contributed by atoms with Crippen LogP contribution in [0, 0.1) is 5.92 Å². The summed E-state index contributed by atoms with van der Waals surface area (Å²) in [5.41, 5.74) is 9.17. The van der Waals surface area contributed by atoms with Crippen molar-refractivity contribution in [2.24, 2.45) is 5.92 Å². The number of ether oxygens (including phenoxy) is 1. The number of aryl methyl sites for hydroxylation is 2. The van der Waals surface area contributed by atoms with Gasteiger partial charge in [0.15, 0.2) is 0 Å². The topological polar surface area (TPSA) is 22.1 Å². The monoisotopic (exact) mass is 355 g/mol. The second-order valence-electron chi connectivity index (χ2n) is 7.39. The lowest BCUT2D eigenvalue weighted by molar-refractivity contribution is 0.412. The Bertz CT molecular complexity index is 960. The minimum absolute atomic E-state index is 0.419. The molecule has 0 radical (unpaired) electrons. The molecule has 0 amide bonds. The first-order chi connectivity index (χ1) is 13.1. The van der Waals surface area contributed by atoms with Gasteiger partial charge >= 0.3 is 0 Å². The lowest BCUT2D eigenvalue weighted by Gasteiger charge is -2.15. The van der Waals surface area contributed by atoms with Gasteiger partial charge in [-0.25, -0.2) is 0 Å². The van der Waals surface area contributed by atoms with Crippen LogP contribution in [0.4, 0.5) is 0 Å². The third-order valence-corrected chi connectivity index (χ3v) is 5.49. The van der Waals surface area contributed by atoms with Crippen LogP contribution in [0.1, 0.15) is 29.3 Å². The maximum absolute atomic E-state index is 5.17. The Hall–Kier alpha value is -2.87. The molecule has 1 atom stereocenters. The number of aromatic nitrogens is 1. The number of methoxy groups -OCH3 is 1. The Balaban J connectivity index is 1.46. The molecule has 2 aliphatic rings. The maximum atomic E-state index is 5.17. The van der Waals surface area contributed by atoms with Crippen LogP contribution in [0.15, 0.2) is 78.1 Å². The minimum atomic E-state index is 0.419. The first-order valence-corrected chi connectivity index (χ1v) is 9.53. The van der Waals surface area contributed by atoms with Gasteiger partial charge in [-0.15, -0.1) is 0 Å². The van der Waals surface area contributed by atoms with Crippen LogP contribution in [0.5, 0.6) is 5.75 Å². The molecule has 0 saturated carbocycles. The molecule has 2 aliphatic carbocycles. The number of fused-ring (bicyclic) bond motifs is 1. The van der Waals surface area contributed by atoms with E-state index in [9.17, 15) is 0 Å². The Labute approximate surface area is 161 Å². The van der Waals surface area contributed by atoms with Gasteiger partial charge in [0.1, 0.15) is 5.75 Å². The SMILES string of the molecule is C=C1C=CC(C2=Cc3cc(CCc4ccc(OC)cn4)ccc3C2)=CC1C. The third kappa shape index (κ3) is 3.80. The van der Waals surface area contributed by atoms with Gasteiger partial charge in [0, 0.05) is 5.69 Å². The summed E-state index contributed by atoms with van der Waals surface area (Å²) < 4.78 is 5.17. The standard InChI is InChI=1S/C25H25NO/c1-17-4-7-20(12-18(17)2)23-14-21-8-5-19(13-22(21)15-23)6-9-24-10-11-25(27-3)16-26-24/h4-5,7-8,10-13,15-16,18H,1,6,9,14H2,2-3H3. The molecular formula is C25H25NO. The van der Waals surface area contributed by atoms with E-state index in [1.54, 1.807) is 13.3 Å². The molecule has 0 spiro atoms. The Morgan fingerprint density at radius 2 is 2.04 bits per heavy atom. The highest BCUT2D eigenvalue weighted by Crippen LogP contribution is 2.34. The van der Waals surface area contributed by atoms with E-state index in [1.165, 1.54) is 33.4 Å². The van der Waals surface area contributed by atoms with Crippen LogP contribution in [0.2, 0.25) is 0 Å². The van der Waals surface area contributed by atoms with Crippen molar-refractivity contribution in [2.75, 3.05) is 7.11 Å². The van der Waals surface area contributed by atoms with Gasteiger partial charge in [0.2, 0.25) is 0 Å². The second-order valence-corrected chi connectivity index (χ2v) is 7.39. The van der Waals surface area contributed by atoms with Gasteiger partial charge in [-0.1, -0.05) is 56.0 Å². The van der Waals surface area contributed by atoms with Crippen LogP contribution in [0.3, 0.4) is 0 Å². The van der Waals surface area contributed by atoms with Gasteiger partial charge in [-0.3, -0.25) is 4.98 Å². The van der Waals surface area contributed by atoms with E-state index < -0.39 is 0 Å². The first-order valence-electron chi connectivity index (χ1n) is 9.53. The van der Waals surface area contributed by atoms with Gasteiger partial charge in [0.25, 0.3) is 0 Å². The largest absolute Gasteiger partial charge is 0.495 e. The quantitative estimate of drug-likeness (QED) is 0.706. The fourth-order valence-corrected chi connectivity index (χ4v) is 3.67. The van der Waals surface area contributed by atoms with Crippen molar-refractivity contribution >= 4 is 6.08 Å². The van der Waals surface area contributed by atoms with Gasteiger partial charge in [0.05, 0.1) is 13.3 Å². The van der Waals surface area contributed by atoms with E-state index in [0.717, 1.165) is 30.7 Å². The number of benzene rings is 1. The van der Waals surface area contributed by atoms with E-state index in [0.29, 0.717) is 5.92 Å². The summed E-state index contributed by atoms with van der Waals surface area (Å²) in [6, 6.07) is 10.9. The highest BCUT2D eigenvalue weighted by Gasteiger charge is 2.18. The molecule has 136 valence electrons. The van der Waals surface area contributed by atoms with Gasteiger partial charge in [-0.2, -0.15) is 0 Å². The van der Waals surface area contributed by atoms with Crippen LogP contribution >= 0.6 is 0 Å². The van der Waals surface area contributed by atoms with E-state index in [-0.39, 0.29) is 0 Å². The summed E-state index contributed by atoms with van der Waals surface area (Å²) >= 11 is 0. The fraction of sp³-hybridized carbons (Fsp3) is 0.240. The highest BCUT2D eigenvalue weighted by atomic mass is 16.5. The van der Waals surface area contributed by atoms with Crippen molar-refractivity contribution in [2.45, 2.75) is 26.2 Å². The van der Waals surface area contributed by atoms with E-state index in [4.69, 9.17) is 4.74 Å². The van der Waals surface area contributed by atoms with Crippen LogP contribution in [-0.2, 0) is 19.3 Å². The maximum Gasteiger partial charge on any atom is 0.137 e. The Kier molecular flexibility index (Phi) is 4.81. The molecule has 0 fully saturated rings. The average molecular weight is 355 g/mol. The Morgan fingerprint density at radius 1 is 1.15 bits per heavy atom. The van der Waals surface area contributed by atoms with E-state index in [1.807, 2.05) is 12.1 Å². The van der Waals surface area contributed by atoms with Crippen molar-refractivity contribution in [1.82, 2.24) is 4.98 Å². The summed E-state index contributed by atoms with van der Waals surface area (Å²) in [7, 11) is 1.67. The van der Waals surface area contributed by atoms with Crippen LogP contribution < -0.4 is 4.74 Å². The minimum Gasteiger partial charge on any atom is -0.495 e. The summed E-state index contributed by atoms with van der Waals surface area (Å²) in [6.07, 6.45) is 13.8. The third-order valence-electron chi connectivity index (χ3n) is 5.49. The van der Waals surface area contributed by atoms with Gasteiger partial charge in [-0.05, 0) is 70.7 Å². The summed E-state index contributed by atoms with van der Waals surface area (Å²) in [5, 5.41) is 0. The van der Waals surface area contributed by atoms with Crippen molar-refractivity contribution in [3.8, 4) is 5.75 Å². The molecular weight excluding hydrogens is 330 g/mol. The molecule has 1 aromatic carbocycles. The second kappa shape index (κ2) is 7.40. The molecule has 2 nitrogen and oxygen atoms in total. The molecule has 27 heavy (non-hydrogen) atoms. The molecule has 4 rings (SSSR count). The Morgan fingerprint density at radius 3 is 2.78 bits per heavy atom. The zero-order chi connectivity index (χ0) is 18.8.